The summed E-state index contributed by atoms with van der Waals surface area (Å²) < 4.78 is 27.8. The molecule has 0 unspecified atom stereocenters. The van der Waals surface area contributed by atoms with Gasteiger partial charge in [0.1, 0.15) is 29.6 Å². The molecule has 0 spiro atoms. The summed E-state index contributed by atoms with van der Waals surface area (Å²) in [6, 6.07) is 21.5. The number of ether oxygens (including phenoxy) is 5. The molecule has 0 atom stereocenters. The zero-order chi connectivity index (χ0) is 34.6. The maximum Gasteiger partial charge on any atom is 0.488 e. The van der Waals surface area contributed by atoms with Crippen LogP contribution in [0.5, 0.6) is 23.0 Å². The monoisotopic (exact) mass is 652 g/mol. The maximum atomic E-state index is 13.0. The molecule has 11 heteroatoms. The molecule has 248 valence electrons. The summed E-state index contributed by atoms with van der Waals surface area (Å²) in [7, 11) is -1.54. The van der Waals surface area contributed by atoms with Gasteiger partial charge >= 0.3 is 25.0 Å². The molecule has 0 heterocycles. The lowest BCUT2D eigenvalue weighted by molar-refractivity contribution is -0.137. The summed E-state index contributed by atoms with van der Waals surface area (Å²) in [5.74, 6) is 0.389. The van der Waals surface area contributed by atoms with Gasteiger partial charge < -0.3 is 33.7 Å². The molecule has 0 aliphatic rings. The van der Waals surface area contributed by atoms with E-state index in [-0.39, 0.29) is 6.61 Å². The van der Waals surface area contributed by atoms with Crippen molar-refractivity contribution in [3.8, 4) is 23.0 Å². The molecule has 2 N–H and O–H groups in total. The molecule has 0 bridgehead atoms. The second-order valence-corrected chi connectivity index (χ2v) is 10.9. The van der Waals surface area contributed by atoms with Crippen LogP contribution in [0.1, 0.15) is 55.8 Å². The standard InChI is InChI=1S/C37H37BO10/c1-5-34(39)45-21-7-6-20-44-31-16-12-29(13-17-31)36(40)47-33-22-24(2)35(26(4)25(33)3)48-37(41)28-10-8-27(9-11-28)23-46-32-18-14-30(15-19-32)38(42)43/h5,8-19,22,42-43H,1,6-7,20-21,23H2,2-4H3. The Morgan fingerprint density at radius 1 is 0.729 bits per heavy atom. The highest BCUT2D eigenvalue weighted by Crippen LogP contribution is 2.34. The summed E-state index contributed by atoms with van der Waals surface area (Å²) in [6.07, 6.45) is 2.47. The van der Waals surface area contributed by atoms with Crippen molar-refractivity contribution in [3.05, 3.63) is 125 Å². The summed E-state index contributed by atoms with van der Waals surface area (Å²) in [6.45, 7) is 9.69. The zero-order valence-electron chi connectivity index (χ0n) is 27.1. The van der Waals surface area contributed by atoms with Crippen molar-refractivity contribution in [2.45, 2.75) is 40.2 Å². The van der Waals surface area contributed by atoms with Crippen molar-refractivity contribution >= 4 is 30.5 Å². The number of esters is 3. The minimum Gasteiger partial charge on any atom is -0.494 e. The maximum absolute atomic E-state index is 13.0. The number of hydrogen-bond acceptors (Lipinski definition) is 10. The van der Waals surface area contributed by atoms with Gasteiger partial charge in [-0.2, -0.15) is 0 Å². The SMILES string of the molecule is C=CC(=O)OCCCCOc1ccc(C(=O)Oc2cc(C)c(OC(=O)c3ccc(COc4ccc(B(O)O)cc4)cc3)c(C)c2C)cc1. The van der Waals surface area contributed by atoms with Gasteiger partial charge in [-0.15, -0.1) is 0 Å². The first-order chi connectivity index (χ1) is 23.0. The fraction of sp³-hybridized carbons (Fsp3) is 0.216. The fourth-order valence-electron chi connectivity index (χ4n) is 4.55. The van der Waals surface area contributed by atoms with E-state index in [1.807, 2.05) is 0 Å². The van der Waals surface area contributed by atoms with E-state index in [9.17, 15) is 24.4 Å². The Hall–Kier alpha value is -5.39. The first-order valence-electron chi connectivity index (χ1n) is 15.3. The van der Waals surface area contributed by atoms with E-state index in [1.165, 1.54) is 0 Å². The Kier molecular flexibility index (Phi) is 12.5. The summed E-state index contributed by atoms with van der Waals surface area (Å²) >= 11 is 0. The van der Waals surface area contributed by atoms with Crippen molar-refractivity contribution < 1.29 is 48.1 Å². The number of unbranched alkanes of at least 4 members (excludes halogenated alkanes) is 1. The number of rotatable bonds is 15. The molecule has 0 amide bonds. The van der Waals surface area contributed by atoms with Gasteiger partial charge in [0.15, 0.2) is 0 Å². The van der Waals surface area contributed by atoms with Crippen LogP contribution in [-0.4, -0.2) is 48.3 Å². The quantitative estimate of drug-likeness (QED) is 0.0580. The third-order valence-corrected chi connectivity index (χ3v) is 7.46. The normalized spacial score (nSPS) is 10.5. The molecule has 0 aliphatic carbocycles. The van der Waals surface area contributed by atoms with Crippen LogP contribution in [0, 0.1) is 20.8 Å². The predicted octanol–water partition coefficient (Wildman–Crippen LogP) is 5.20. The van der Waals surface area contributed by atoms with Gasteiger partial charge in [0.2, 0.25) is 0 Å². The Morgan fingerprint density at radius 2 is 1.29 bits per heavy atom. The number of carbonyl (C=O) groups is 3. The topological polar surface area (TPSA) is 138 Å². The number of hydrogen-bond donors (Lipinski definition) is 2. The first-order valence-corrected chi connectivity index (χ1v) is 15.3. The minimum absolute atomic E-state index is 0.254. The van der Waals surface area contributed by atoms with Crippen molar-refractivity contribution in [2.24, 2.45) is 0 Å². The molecule has 0 saturated carbocycles. The van der Waals surface area contributed by atoms with Crippen molar-refractivity contribution in [1.82, 2.24) is 0 Å². The largest absolute Gasteiger partial charge is 0.494 e. The Morgan fingerprint density at radius 3 is 1.92 bits per heavy atom. The average Bonchev–Trinajstić information content (AvgIpc) is 3.09. The second kappa shape index (κ2) is 17.0. The third kappa shape index (κ3) is 9.81. The highest BCUT2D eigenvalue weighted by atomic mass is 16.5. The van der Waals surface area contributed by atoms with Gasteiger partial charge in [0, 0.05) is 6.08 Å². The van der Waals surface area contributed by atoms with E-state index in [0.29, 0.717) is 82.3 Å². The van der Waals surface area contributed by atoms with E-state index in [0.717, 1.165) is 11.6 Å². The fourth-order valence-corrected chi connectivity index (χ4v) is 4.55. The third-order valence-electron chi connectivity index (χ3n) is 7.46. The molecular weight excluding hydrogens is 615 g/mol. The van der Waals surface area contributed by atoms with Gasteiger partial charge in [0.25, 0.3) is 0 Å². The first kappa shape index (κ1) is 35.5. The smallest absolute Gasteiger partial charge is 0.488 e. The molecule has 4 rings (SSSR count). The predicted molar refractivity (Wildman–Crippen MR) is 180 cm³/mol. The molecule has 48 heavy (non-hydrogen) atoms. The van der Waals surface area contributed by atoms with Crippen LogP contribution in [-0.2, 0) is 16.1 Å². The van der Waals surface area contributed by atoms with Crippen molar-refractivity contribution in [1.29, 1.82) is 0 Å². The van der Waals surface area contributed by atoms with E-state index in [2.05, 4.69) is 6.58 Å². The molecule has 0 aromatic heterocycles. The van der Waals surface area contributed by atoms with Crippen LogP contribution in [0.2, 0.25) is 0 Å². The van der Waals surface area contributed by atoms with Crippen LogP contribution >= 0.6 is 0 Å². The van der Waals surface area contributed by atoms with Gasteiger partial charge in [-0.3, -0.25) is 0 Å². The van der Waals surface area contributed by atoms with E-state index >= 15 is 0 Å². The zero-order valence-corrected chi connectivity index (χ0v) is 27.1. The average molecular weight is 653 g/mol. The summed E-state index contributed by atoms with van der Waals surface area (Å²) in [4.78, 5) is 37.0. The van der Waals surface area contributed by atoms with Gasteiger partial charge in [0.05, 0.1) is 24.3 Å². The molecule has 0 radical (unpaired) electrons. The molecule has 0 fully saturated rings. The number of aryl methyl sites for hydroxylation is 1. The lowest BCUT2D eigenvalue weighted by Crippen LogP contribution is -2.29. The van der Waals surface area contributed by atoms with Gasteiger partial charge in [-0.1, -0.05) is 30.8 Å². The molecular formula is C37H37BO10. The molecule has 0 aliphatic heterocycles. The van der Waals surface area contributed by atoms with Gasteiger partial charge in [-0.25, -0.2) is 14.4 Å². The van der Waals surface area contributed by atoms with Crippen LogP contribution in [0.25, 0.3) is 0 Å². The Bertz CT molecular complexity index is 1730. The number of carbonyl (C=O) groups excluding carboxylic acids is 3. The molecule has 4 aromatic carbocycles. The van der Waals surface area contributed by atoms with Crippen molar-refractivity contribution in [2.75, 3.05) is 13.2 Å². The highest BCUT2D eigenvalue weighted by molar-refractivity contribution is 6.58. The lowest BCUT2D eigenvalue weighted by Gasteiger charge is -2.16. The molecule has 10 nitrogen and oxygen atoms in total. The Balaban J connectivity index is 1.30. The van der Waals surface area contributed by atoms with Crippen LogP contribution in [0.4, 0.5) is 0 Å². The highest BCUT2D eigenvalue weighted by Gasteiger charge is 2.19. The van der Waals surface area contributed by atoms with E-state index in [1.54, 1.807) is 99.6 Å². The van der Waals surface area contributed by atoms with Crippen LogP contribution < -0.4 is 24.4 Å². The van der Waals surface area contributed by atoms with E-state index in [4.69, 9.17) is 23.7 Å². The van der Waals surface area contributed by atoms with Crippen LogP contribution in [0.15, 0.2) is 91.5 Å². The minimum atomic E-state index is -1.54. The second-order valence-electron chi connectivity index (χ2n) is 10.9. The number of benzene rings is 4. The lowest BCUT2D eigenvalue weighted by atomic mass is 9.80. The Labute approximate surface area is 279 Å². The summed E-state index contributed by atoms with van der Waals surface area (Å²) in [5.41, 5.74) is 3.84. The van der Waals surface area contributed by atoms with Crippen molar-refractivity contribution in [3.63, 3.8) is 0 Å². The van der Waals surface area contributed by atoms with E-state index < -0.39 is 25.0 Å². The van der Waals surface area contributed by atoms with Crippen LogP contribution in [0.3, 0.4) is 0 Å². The molecule has 0 saturated heterocycles. The van der Waals surface area contributed by atoms with Gasteiger partial charge in [-0.05, 0) is 116 Å². The summed E-state index contributed by atoms with van der Waals surface area (Å²) in [5, 5.41) is 18.4. The molecule has 4 aromatic rings.